The first-order valence-corrected chi connectivity index (χ1v) is 12.2. The van der Waals surface area contributed by atoms with Crippen LogP contribution >= 0.6 is 0 Å². The van der Waals surface area contributed by atoms with E-state index < -0.39 is 0 Å². The van der Waals surface area contributed by atoms with Crippen LogP contribution in [0.3, 0.4) is 0 Å². The molecule has 1 atom stereocenters. The lowest BCUT2D eigenvalue weighted by molar-refractivity contribution is -0.130. The number of benzene rings is 2. The van der Waals surface area contributed by atoms with E-state index in [9.17, 15) is 9.59 Å². The number of rotatable bonds is 3. The van der Waals surface area contributed by atoms with Gasteiger partial charge in [0.15, 0.2) is 11.5 Å². The monoisotopic (exact) mass is 446 g/mol. The quantitative estimate of drug-likeness (QED) is 0.713. The Hall–Kier alpha value is -3.02. The molecule has 0 radical (unpaired) electrons. The van der Waals surface area contributed by atoms with E-state index in [4.69, 9.17) is 9.47 Å². The highest BCUT2D eigenvalue weighted by Gasteiger charge is 2.46. The average molecular weight is 447 g/mol. The molecule has 2 aromatic carbocycles. The second kappa shape index (κ2) is 8.08. The molecule has 0 bridgehead atoms. The van der Waals surface area contributed by atoms with Gasteiger partial charge in [-0.25, -0.2) is 0 Å². The van der Waals surface area contributed by atoms with Crippen LogP contribution in [0, 0.1) is 0 Å². The van der Waals surface area contributed by atoms with Gasteiger partial charge in [0.1, 0.15) is 0 Å². The number of piperidine rings is 1. The first-order valence-electron chi connectivity index (χ1n) is 12.2. The van der Waals surface area contributed by atoms with Gasteiger partial charge in [0.05, 0.1) is 0 Å². The Balaban J connectivity index is 1.17. The summed E-state index contributed by atoms with van der Waals surface area (Å²) in [7, 11) is 0. The van der Waals surface area contributed by atoms with E-state index in [1.54, 1.807) is 6.07 Å². The number of amides is 2. The van der Waals surface area contributed by atoms with Gasteiger partial charge < -0.3 is 19.3 Å². The summed E-state index contributed by atoms with van der Waals surface area (Å²) in [6.45, 7) is 3.49. The summed E-state index contributed by atoms with van der Waals surface area (Å²) in [5.41, 5.74) is 3.47. The highest BCUT2D eigenvalue weighted by Crippen LogP contribution is 2.53. The molecule has 6 heteroatoms. The van der Waals surface area contributed by atoms with E-state index in [0.717, 1.165) is 58.3 Å². The first-order chi connectivity index (χ1) is 16.1. The molecule has 0 N–H and O–H groups in total. The van der Waals surface area contributed by atoms with Crippen molar-refractivity contribution in [3.63, 3.8) is 0 Å². The Morgan fingerprint density at radius 3 is 2.48 bits per heavy atom. The minimum Gasteiger partial charge on any atom is -0.454 e. The molecule has 0 saturated carbocycles. The second-order valence-corrected chi connectivity index (χ2v) is 9.92. The zero-order chi connectivity index (χ0) is 22.4. The Labute approximate surface area is 194 Å². The predicted molar refractivity (Wildman–Crippen MR) is 124 cm³/mol. The van der Waals surface area contributed by atoms with Crippen LogP contribution in [-0.2, 0) is 10.2 Å². The van der Waals surface area contributed by atoms with E-state index in [1.165, 1.54) is 11.1 Å². The number of hydrogen-bond donors (Lipinski definition) is 0. The molecule has 0 aromatic heterocycles. The fraction of sp³-hybridized carbons (Fsp3) is 0.481. The van der Waals surface area contributed by atoms with Crippen molar-refractivity contribution in [2.45, 2.75) is 49.9 Å². The molecule has 6 rings (SSSR count). The highest BCUT2D eigenvalue weighted by molar-refractivity contribution is 5.95. The number of carbonyl (C=O) groups excluding carboxylic acids is 2. The molecule has 33 heavy (non-hydrogen) atoms. The van der Waals surface area contributed by atoms with Crippen molar-refractivity contribution in [2.75, 3.05) is 33.0 Å². The van der Waals surface area contributed by atoms with Gasteiger partial charge in [-0.1, -0.05) is 24.3 Å². The summed E-state index contributed by atoms with van der Waals surface area (Å²) < 4.78 is 10.8. The standard InChI is InChI=1S/C27H30N2O4/c30-25(28-11-3-4-12-28)16-20-17-27(22-6-2-1-5-21(20)22)9-13-29(14-10-27)26(31)19-7-8-23-24(15-19)33-18-32-23/h1-2,5-8,15,20H,3-4,9-14,16-18H2/t20-/m0/s1. The summed E-state index contributed by atoms with van der Waals surface area (Å²) in [6.07, 6.45) is 5.76. The molecule has 1 spiro atoms. The van der Waals surface area contributed by atoms with Crippen molar-refractivity contribution in [3.8, 4) is 11.5 Å². The maximum atomic E-state index is 13.2. The minimum absolute atomic E-state index is 0.0511. The lowest BCUT2D eigenvalue weighted by Crippen LogP contribution is -2.44. The van der Waals surface area contributed by atoms with Crippen LogP contribution in [0.25, 0.3) is 0 Å². The SMILES string of the molecule is O=C(C[C@H]1CC2(CCN(C(=O)c3ccc4c(c3)OCO4)CC2)c2ccccc21)N1CCCC1. The molecule has 1 aliphatic carbocycles. The third kappa shape index (κ3) is 3.56. The molecule has 172 valence electrons. The summed E-state index contributed by atoms with van der Waals surface area (Å²) in [5, 5.41) is 0. The van der Waals surface area contributed by atoms with Crippen molar-refractivity contribution >= 4 is 11.8 Å². The number of nitrogens with zero attached hydrogens (tertiary/aromatic N) is 2. The molecule has 3 heterocycles. The number of likely N-dealkylation sites (tertiary alicyclic amines) is 2. The third-order valence-electron chi connectivity index (χ3n) is 8.12. The van der Waals surface area contributed by atoms with E-state index in [2.05, 4.69) is 24.3 Å². The van der Waals surface area contributed by atoms with Gasteiger partial charge >= 0.3 is 0 Å². The molecular weight excluding hydrogens is 416 g/mol. The fourth-order valence-electron chi connectivity index (χ4n) is 6.34. The second-order valence-electron chi connectivity index (χ2n) is 9.92. The zero-order valence-electron chi connectivity index (χ0n) is 18.9. The Kier molecular flexibility index (Phi) is 5.04. The third-order valence-corrected chi connectivity index (χ3v) is 8.12. The number of carbonyl (C=O) groups is 2. The van der Waals surface area contributed by atoms with Gasteiger partial charge in [-0.15, -0.1) is 0 Å². The molecule has 0 unspecified atom stereocenters. The molecule has 3 aliphatic heterocycles. The molecule has 2 amide bonds. The number of hydrogen-bond acceptors (Lipinski definition) is 4. The summed E-state index contributed by atoms with van der Waals surface area (Å²) >= 11 is 0. The van der Waals surface area contributed by atoms with Crippen LogP contribution in [0.1, 0.15) is 65.9 Å². The molecule has 2 aromatic rings. The molecule has 2 saturated heterocycles. The van der Waals surface area contributed by atoms with E-state index in [0.29, 0.717) is 29.4 Å². The van der Waals surface area contributed by atoms with Gasteiger partial charge in [0.2, 0.25) is 12.7 Å². The van der Waals surface area contributed by atoms with Crippen LogP contribution < -0.4 is 9.47 Å². The Morgan fingerprint density at radius 2 is 1.67 bits per heavy atom. The summed E-state index contributed by atoms with van der Waals surface area (Å²) in [6, 6.07) is 14.1. The number of ether oxygens (including phenoxy) is 2. The Morgan fingerprint density at radius 1 is 0.909 bits per heavy atom. The maximum absolute atomic E-state index is 13.2. The summed E-state index contributed by atoms with van der Waals surface area (Å²) in [4.78, 5) is 30.1. The van der Waals surface area contributed by atoms with Crippen molar-refractivity contribution in [3.05, 3.63) is 59.2 Å². The van der Waals surface area contributed by atoms with E-state index in [-0.39, 0.29) is 24.0 Å². The fourth-order valence-corrected chi connectivity index (χ4v) is 6.34. The first kappa shape index (κ1) is 20.6. The van der Waals surface area contributed by atoms with Gasteiger partial charge in [-0.2, -0.15) is 0 Å². The van der Waals surface area contributed by atoms with Crippen LogP contribution in [0.5, 0.6) is 11.5 Å². The summed E-state index contributed by atoms with van der Waals surface area (Å²) in [5.74, 6) is 1.98. The van der Waals surface area contributed by atoms with Gasteiger partial charge in [-0.3, -0.25) is 9.59 Å². The van der Waals surface area contributed by atoms with E-state index >= 15 is 0 Å². The number of fused-ring (bicyclic) bond motifs is 3. The van der Waals surface area contributed by atoms with Gasteiger partial charge in [0, 0.05) is 38.2 Å². The van der Waals surface area contributed by atoms with Crippen molar-refractivity contribution in [1.82, 2.24) is 9.80 Å². The van der Waals surface area contributed by atoms with Gasteiger partial charge in [-0.05, 0) is 72.8 Å². The van der Waals surface area contributed by atoms with Crippen LogP contribution in [0.4, 0.5) is 0 Å². The van der Waals surface area contributed by atoms with Crippen LogP contribution in [0.15, 0.2) is 42.5 Å². The largest absolute Gasteiger partial charge is 0.454 e. The van der Waals surface area contributed by atoms with Crippen LogP contribution in [0.2, 0.25) is 0 Å². The predicted octanol–water partition coefficient (Wildman–Crippen LogP) is 4.09. The highest BCUT2D eigenvalue weighted by atomic mass is 16.7. The van der Waals surface area contributed by atoms with Crippen molar-refractivity contribution < 1.29 is 19.1 Å². The molecule has 4 aliphatic rings. The molecule has 2 fully saturated rings. The van der Waals surface area contributed by atoms with E-state index in [1.807, 2.05) is 21.9 Å². The van der Waals surface area contributed by atoms with Crippen molar-refractivity contribution in [2.24, 2.45) is 0 Å². The lowest BCUT2D eigenvalue weighted by atomic mass is 9.73. The molecular formula is C27H30N2O4. The zero-order valence-corrected chi connectivity index (χ0v) is 18.9. The van der Waals surface area contributed by atoms with Crippen molar-refractivity contribution in [1.29, 1.82) is 0 Å². The average Bonchev–Trinajstić information content (AvgIpc) is 3.60. The lowest BCUT2D eigenvalue weighted by Gasteiger charge is -2.40. The van der Waals surface area contributed by atoms with Crippen LogP contribution in [-0.4, -0.2) is 54.6 Å². The smallest absolute Gasteiger partial charge is 0.253 e. The topological polar surface area (TPSA) is 59.1 Å². The van der Waals surface area contributed by atoms with Gasteiger partial charge in [0.25, 0.3) is 5.91 Å². The normalized spacial score (nSPS) is 22.6. The molecule has 6 nitrogen and oxygen atoms in total. The Bertz CT molecular complexity index is 1080. The minimum atomic E-state index is 0.0511. The maximum Gasteiger partial charge on any atom is 0.253 e.